The molecule has 0 saturated carbocycles. The Kier molecular flexibility index (Phi) is 5.89. The van der Waals surface area contributed by atoms with Crippen LogP contribution in [0.4, 0.5) is 13.2 Å². The van der Waals surface area contributed by atoms with Gasteiger partial charge < -0.3 is 19.6 Å². The highest BCUT2D eigenvalue weighted by Gasteiger charge is 2.33. The van der Waals surface area contributed by atoms with Crippen LogP contribution in [0.5, 0.6) is 11.5 Å². The van der Waals surface area contributed by atoms with E-state index < -0.39 is 17.7 Å². The standard InChI is InChI=1S/C23H19F3N2O4/c24-23(25,26)16-5-1-4-15-18(8-9-27-22(15)16)31-10-3-11-32-19-7-2-6-17-21(19)14(13-28-17)12-20(29)30/h1-2,4-9,13,28H,3,10-12H2,(H,29,30). The van der Waals surface area contributed by atoms with Crippen LogP contribution < -0.4 is 9.47 Å². The zero-order valence-corrected chi connectivity index (χ0v) is 16.8. The third kappa shape index (κ3) is 4.46. The molecule has 2 aromatic heterocycles. The fraction of sp³-hybridized carbons (Fsp3) is 0.217. The maximum Gasteiger partial charge on any atom is 0.418 e. The number of fused-ring (bicyclic) bond motifs is 2. The molecule has 0 radical (unpaired) electrons. The molecule has 4 aromatic rings. The van der Waals surface area contributed by atoms with Gasteiger partial charge in [-0.15, -0.1) is 0 Å². The SMILES string of the molecule is O=C(O)Cc1c[nH]c2cccc(OCCCOc3ccnc4c(C(F)(F)F)cccc34)c12. The molecule has 32 heavy (non-hydrogen) atoms. The summed E-state index contributed by atoms with van der Waals surface area (Å²) in [7, 11) is 0. The molecule has 0 fully saturated rings. The van der Waals surface area contributed by atoms with Crippen molar-refractivity contribution in [1.82, 2.24) is 9.97 Å². The van der Waals surface area contributed by atoms with Gasteiger partial charge in [-0.05, 0) is 35.9 Å². The summed E-state index contributed by atoms with van der Waals surface area (Å²) in [5.74, 6) is -0.0610. The Hall–Kier alpha value is -3.75. The maximum atomic E-state index is 13.2. The molecule has 2 N–H and O–H groups in total. The van der Waals surface area contributed by atoms with Gasteiger partial charge in [-0.25, -0.2) is 0 Å². The Labute approximate surface area is 180 Å². The smallest absolute Gasteiger partial charge is 0.418 e. The second kappa shape index (κ2) is 8.78. The molecule has 2 aromatic carbocycles. The number of carbonyl (C=O) groups is 1. The molecule has 2 heterocycles. The molecule has 9 heteroatoms. The maximum absolute atomic E-state index is 13.2. The van der Waals surface area contributed by atoms with E-state index in [1.807, 2.05) is 6.07 Å². The number of pyridine rings is 1. The normalized spacial score (nSPS) is 11.7. The van der Waals surface area contributed by atoms with E-state index in [1.54, 1.807) is 24.4 Å². The van der Waals surface area contributed by atoms with Crippen molar-refractivity contribution in [1.29, 1.82) is 0 Å². The molecule has 166 valence electrons. The van der Waals surface area contributed by atoms with Crippen LogP contribution in [0.3, 0.4) is 0 Å². The predicted molar refractivity (Wildman–Crippen MR) is 112 cm³/mol. The lowest BCUT2D eigenvalue weighted by Gasteiger charge is -2.13. The van der Waals surface area contributed by atoms with E-state index >= 15 is 0 Å². The number of hydrogen-bond donors (Lipinski definition) is 2. The summed E-state index contributed by atoms with van der Waals surface area (Å²) in [5.41, 5.74) is 0.446. The number of aromatic nitrogens is 2. The van der Waals surface area contributed by atoms with Crippen molar-refractivity contribution in [3.05, 3.63) is 66.0 Å². The van der Waals surface area contributed by atoms with Crippen molar-refractivity contribution in [3.8, 4) is 11.5 Å². The van der Waals surface area contributed by atoms with Crippen LogP contribution in [0.15, 0.2) is 54.9 Å². The summed E-state index contributed by atoms with van der Waals surface area (Å²) in [6, 6.07) is 10.8. The van der Waals surface area contributed by atoms with E-state index in [4.69, 9.17) is 14.6 Å². The van der Waals surface area contributed by atoms with Gasteiger partial charge in [0.2, 0.25) is 0 Å². The number of nitrogens with zero attached hydrogens (tertiary/aromatic N) is 1. The number of carboxylic acids is 1. The largest absolute Gasteiger partial charge is 0.493 e. The minimum atomic E-state index is -4.50. The minimum Gasteiger partial charge on any atom is -0.493 e. The predicted octanol–water partition coefficient (Wildman–Crippen LogP) is 5.21. The van der Waals surface area contributed by atoms with Gasteiger partial charge >= 0.3 is 12.1 Å². The number of carboxylic acid groups (broad SMARTS) is 1. The van der Waals surface area contributed by atoms with Crippen LogP contribution in [-0.2, 0) is 17.4 Å². The van der Waals surface area contributed by atoms with Gasteiger partial charge in [0.15, 0.2) is 0 Å². The second-order valence-corrected chi connectivity index (χ2v) is 7.12. The highest BCUT2D eigenvalue weighted by atomic mass is 19.4. The number of aliphatic carboxylic acids is 1. The Morgan fingerprint density at radius 1 is 1.03 bits per heavy atom. The average molecular weight is 444 g/mol. The van der Waals surface area contributed by atoms with Crippen molar-refractivity contribution in [3.63, 3.8) is 0 Å². The molecule has 0 unspecified atom stereocenters. The Morgan fingerprint density at radius 3 is 2.53 bits per heavy atom. The number of halogens is 3. The Bertz CT molecular complexity index is 1270. The molecule has 6 nitrogen and oxygen atoms in total. The van der Waals surface area contributed by atoms with E-state index in [2.05, 4.69) is 9.97 Å². The van der Waals surface area contributed by atoms with E-state index in [0.29, 0.717) is 28.9 Å². The lowest BCUT2D eigenvalue weighted by Crippen LogP contribution is -2.08. The van der Waals surface area contributed by atoms with Gasteiger partial charge in [0.05, 0.1) is 30.7 Å². The van der Waals surface area contributed by atoms with Crippen molar-refractivity contribution in [2.75, 3.05) is 13.2 Å². The molecule has 0 aliphatic rings. The first-order chi connectivity index (χ1) is 15.3. The van der Waals surface area contributed by atoms with Crippen molar-refractivity contribution in [2.45, 2.75) is 19.0 Å². The van der Waals surface area contributed by atoms with Crippen molar-refractivity contribution in [2.24, 2.45) is 0 Å². The highest BCUT2D eigenvalue weighted by molar-refractivity contribution is 5.92. The third-order valence-corrected chi connectivity index (χ3v) is 4.93. The molecule has 0 amide bonds. The number of benzene rings is 2. The van der Waals surface area contributed by atoms with Gasteiger partial charge in [-0.2, -0.15) is 13.2 Å². The molecule has 0 spiro atoms. The third-order valence-electron chi connectivity index (χ3n) is 4.93. The molecule has 0 bridgehead atoms. The van der Waals surface area contributed by atoms with Crippen molar-refractivity contribution >= 4 is 27.8 Å². The van der Waals surface area contributed by atoms with Crippen molar-refractivity contribution < 1.29 is 32.5 Å². The van der Waals surface area contributed by atoms with Gasteiger partial charge in [0.25, 0.3) is 0 Å². The van der Waals surface area contributed by atoms with E-state index in [1.165, 1.54) is 18.3 Å². The Morgan fingerprint density at radius 2 is 1.78 bits per heavy atom. The van der Waals surface area contributed by atoms with Crippen LogP contribution in [0, 0.1) is 0 Å². The first kappa shape index (κ1) is 21.5. The fourth-order valence-electron chi connectivity index (χ4n) is 3.57. The monoisotopic (exact) mass is 444 g/mol. The van der Waals surface area contributed by atoms with E-state index in [0.717, 1.165) is 17.0 Å². The molecule has 0 saturated heterocycles. The fourth-order valence-corrected chi connectivity index (χ4v) is 3.57. The van der Waals surface area contributed by atoms with Crippen LogP contribution >= 0.6 is 0 Å². The lowest BCUT2D eigenvalue weighted by molar-refractivity contribution is -0.137. The second-order valence-electron chi connectivity index (χ2n) is 7.12. The first-order valence-corrected chi connectivity index (χ1v) is 9.86. The van der Waals surface area contributed by atoms with Gasteiger partial charge in [-0.1, -0.05) is 12.1 Å². The molecule has 0 atom stereocenters. The summed E-state index contributed by atoms with van der Waals surface area (Å²) >= 11 is 0. The van der Waals surface area contributed by atoms with Gasteiger partial charge in [-0.3, -0.25) is 9.78 Å². The zero-order chi connectivity index (χ0) is 22.7. The number of alkyl halides is 3. The summed E-state index contributed by atoms with van der Waals surface area (Å²) < 4.78 is 51.2. The van der Waals surface area contributed by atoms with E-state index in [9.17, 15) is 18.0 Å². The number of hydrogen-bond acceptors (Lipinski definition) is 4. The summed E-state index contributed by atoms with van der Waals surface area (Å²) in [4.78, 5) is 18.0. The van der Waals surface area contributed by atoms with Crippen LogP contribution in [-0.4, -0.2) is 34.3 Å². The zero-order valence-electron chi connectivity index (χ0n) is 16.8. The number of nitrogens with one attached hydrogen (secondary N) is 1. The summed E-state index contributed by atoms with van der Waals surface area (Å²) in [6.07, 6.45) is -1.22. The average Bonchev–Trinajstić information content (AvgIpc) is 3.15. The molecular weight excluding hydrogens is 425 g/mol. The van der Waals surface area contributed by atoms with Crippen LogP contribution in [0.2, 0.25) is 0 Å². The van der Waals surface area contributed by atoms with Gasteiger partial charge in [0.1, 0.15) is 11.5 Å². The number of para-hydroxylation sites is 1. The quantitative estimate of drug-likeness (QED) is 0.365. The molecular formula is C23H19F3N2O4. The summed E-state index contributed by atoms with van der Waals surface area (Å²) in [6.45, 7) is 0.508. The van der Waals surface area contributed by atoms with Crippen LogP contribution in [0.1, 0.15) is 17.5 Å². The number of H-pyrrole nitrogens is 1. The van der Waals surface area contributed by atoms with Crippen LogP contribution in [0.25, 0.3) is 21.8 Å². The number of aromatic amines is 1. The molecule has 4 rings (SSSR count). The first-order valence-electron chi connectivity index (χ1n) is 9.86. The Balaban J connectivity index is 1.41. The lowest BCUT2D eigenvalue weighted by atomic mass is 10.1. The number of ether oxygens (including phenoxy) is 2. The highest BCUT2D eigenvalue weighted by Crippen LogP contribution is 2.36. The molecule has 0 aliphatic heterocycles. The summed E-state index contributed by atoms with van der Waals surface area (Å²) in [5, 5.41) is 10.1. The minimum absolute atomic E-state index is 0.126. The topological polar surface area (TPSA) is 84.4 Å². The van der Waals surface area contributed by atoms with Gasteiger partial charge in [0, 0.05) is 35.1 Å². The van der Waals surface area contributed by atoms with E-state index in [-0.39, 0.29) is 25.2 Å². The molecule has 0 aliphatic carbocycles. The number of rotatable bonds is 8.